The predicted octanol–water partition coefficient (Wildman–Crippen LogP) is 4.46. The number of carbonyl (C=O) groups is 1. The molecule has 0 unspecified atom stereocenters. The average molecular weight is 386 g/mol. The van der Waals surface area contributed by atoms with Crippen LogP contribution < -0.4 is 5.32 Å². The minimum atomic E-state index is 0.0495. The third kappa shape index (κ3) is 3.81. The first-order chi connectivity index (χ1) is 14.0. The van der Waals surface area contributed by atoms with E-state index < -0.39 is 0 Å². The lowest BCUT2D eigenvalue weighted by Crippen LogP contribution is -2.24. The van der Waals surface area contributed by atoms with Crippen molar-refractivity contribution in [3.63, 3.8) is 0 Å². The van der Waals surface area contributed by atoms with Gasteiger partial charge in [0.15, 0.2) is 0 Å². The van der Waals surface area contributed by atoms with Crippen LogP contribution in [0.1, 0.15) is 29.1 Å². The number of carbonyl (C=O) groups excluding carboxylic acids is 1. The lowest BCUT2D eigenvalue weighted by Gasteiger charge is -2.10. The number of benzene rings is 2. The fourth-order valence-corrected chi connectivity index (χ4v) is 3.89. The van der Waals surface area contributed by atoms with Crippen LogP contribution in [0.15, 0.2) is 60.7 Å². The van der Waals surface area contributed by atoms with Crippen molar-refractivity contribution in [2.75, 3.05) is 0 Å². The summed E-state index contributed by atoms with van der Waals surface area (Å²) in [5.41, 5.74) is 6.45. The highest BCUT2D eigenvalue weighted by Crippen LogP contribution is 2.20. The van der Waals surface area contributed by atoms with Crippen LogP contribution in [0.5, 0.6) is 0 Å². The van der Waals surface area contributed by atoms with E-state index in [1.165, 1.54) is 16.6 Å². The van der Waals surface area contributed by atoms with Crippen LogP contribution in [0.3, 0.4) is 0 Å². The molecule has 0 atom stereocenters. The number of para-hydroxylation sites is 2. The Kier molecular flexibility index (Phi) is 5.21. The molecule has 1 N–H and O–H groups in total. The third-order valence-corrected chi connectivity index (χ3v) is 5.48. The van der Waals surface area contributed by atoms with Crippen molar-refractivity contribution in [1.82, 2.24) is 19.7 Å². The number of amides is 1. The molecule has 2 aromatic heterocycles. The van der Waals surface area contributed by atoms with Crippen molar-refractivity contribution in [3.8, 4) is 5.69 Å². The summed E-state index contributed by atoms with van der Waals surface area (Å²) in [6.07, 6.45) is 0.449. The zero-order chi connectivity index (χ0) is 20.4. The van der Waals surface area contributed by atoms with E-state index in [-0.39, 0.29) is 5.91 Å². The Bertz CT molecular complexity index is 1150. The Hall–Kier alpha value is -3.34. The van der Waals surface area contributed by atoms with E-state index in [0.717, 1.165) is 22.6 Å². The molecule has 0 aliphatic heterocycles. The predicted molar refractivity (Wildman–Crippen MR) is 116 cm³/mol. The highest BCUT2D eigenvalue weighted by atomic mass is 16.1. The molecule has 1 amide bonds. The van der Waals surface area contributed by atoms with Gasteiger partial charge in [0.25, 0.3) is 0 Å². The van der Waals surface area contributed by atoms with Crippen LogP contribution >= 0.6 is 0 Å². The second-order valence-electron chi connectivity index (χ2n) is 7.42. The molecule has 0 fully saturated rings. The van der Waals surface area contributed by atoms with Gasteiger partial charge in [-0.1, -0.05) is 36.4 Å². The number of hydrogen-bond acceptors (Lipinski definition) is 2. The monoisotopic (exact) mass is 386 g/mol. The molecule has 0 saturated heterocycles. The van der Waals surface area contributed by atoms with Crippen LogP contribution in [0.2, 0.25) is 0 Å². The van der Waals surface area contributed by atoms with Crippen LogP contribution in [0, 0.1) is 20.8 Å². The summed E-state index contributed by atoms with van der Waals surface area (Å²) in [6, 6.07) is 20.5. The number of aryl methyl sites for hydroxylation is 3. The topological polar surface area (TPSA) is 51.9 Å². The zero-order valence-electron chi connectivity index (χ0n) is 17.1. The first kappa shape index (κ1) is 19.0. The van der Waals surface area contributed by atoms with Crippen molar-refractivity contribution >= 4 is 16.8 Å². The Labute approximate surface area is 171 Å². The summed E-state index contributed by atoms with van der Waals surface area (Å²) in [4.78, 5) is 12.5. The van der Waals surface area contributed by atoms with Gasteiger partial charge in [0.1, 0.15) is 0 Å². The van der Waals surface area contributed by atoms with Crippen LogP contribution in [-0.2, 0) is 17.9 Å². The van der Waals surface area contributed by atoms with E-state index in [4.69, 9.17) is 0 Å². The molecule has 29 heavy (non-hydrogen) atoms. The van der Waals surface area contributed by atoms with Gasteiger partial charge in [0.05, 0.1) is 11.4 Å². The molecule has 0 bridgehead atoms. The Balaban J connectivity index is 1.41. The van der Waals surface area contributed by atoms with E-state index in [1.54, 1.807) is 0 Å². The maximum absolute atomic E-state index is 12.5. The standard InChI is InChI=1S/C24H26N4O/c1-17-15-20-9-7-8-12-23(20)27(17)14-13-24(29)25-16-22-18(2)26-28(19(22)3)21-10-5-4-6-11-21/h4-12,15H,13-14,16H2,1-3H3,(H,25,29). The van der Waals surface area contributed by atoms with Crippen LogP contribution in [-0.4, -0.2) is 20.3 Å². The molecule has 5 heteroatoms. The van der Waals surface area contributed by atoms with Gasteiger partial charge in [-0.3, -0.25) is 4.79 Å². The van der Waals surface area contributed by atoms with Crippen molar-refractivity contribution in [2.24, 2.45) is 0 Å². The third-order valence-electron chi connectivity index (χ3n) is 5.48. The average Bonchev–Trinajstić information content (AvgIpc) is 3.20. The second-order valence-corrected chi connectivity index (χ2v) is 7.42. The van der Waals surface area contributed by atoms with Crippen LogP contribution in [0.25, 0.3) is 16.6 Å². The molecule has 4 aromatic rings. The Morgan fingerprint density at radius 2 is 1.72 bits per heavy atom. The van der Waals surface area contributed by atoms with Crippen molar-refractivity contribution in [3.05, 3.63) is 83.3 Å². The van der Waals surface area contributed by atoms with Gasteiger partial charge in [0.2, 0.25) is 5.91 Å². The van der Waals surface area contributed by atoms with Gasteiger partial charge in [-0.05, 0) is 50.4 Å². The molecule has 0 aliphatic rings. The quantitative estimate of drug-likeness (QED) is 0.532. The van der Waals surface area contributed by atoms with Gasteiger partial charge < -0.3 is 9.88 Å². The molecule has 0 spiro atoms. The molecule has 4 rings (SSSR count). The fraction of sp³-hybridized carbons (Fsp3) is 0.250. The van der Waals surface area contributed by atoms with E-state index in [2.05, 4.69) is 40.1 Å². The van der Waals surface area contributed by atoms with Gasteiger partial charge >= 0.3 is 0 Å². The van der Waals surface area contributed by atoms with Crippen molar-refractivity contribution in [1.29, 1.82) is 0 Å². The summed E-state index contributed by atoms with van der Waals surface area (Å²) >= 11 is 0. The molecule has 5 nitrogen and oxygen atoms in total. The molecular weight excluding hydrogens is 360 g/mol. The highest BCUT2D eigenvalue weighted by molar-refractivity contribution is 5.81. The van der Waals surface area contributed by atoms with Crippen LogP contribution in [0.4, 0.5) is 0 Å². The summed E-state index contributed by atoms with van der Waals surface area (Å²) in [5.74, 6) is 0.0495. The number of rotatable bonds is 6. The molecular formula is C24H26N4O. The smallest absolute Gasteiger partial charge is 0.222 e. The summed E-state index contributed by atoms with van der Waals surface area (Å²) in [7, 11) is 0. The lowest BCUT2D eigenvalue weighted by molar-refractivity contribution is -0.121. The lowest BCUT2D eigenvalue weighted by atomic mass is 10.2. The van der Waals surface area contributed by atoms with E-state index in [0.29, 0.717) is 19.5 Å². The fourth-order valence-electron chi connectivity index (χ4n) is 3.89. The molecule has 2 heterocycles. The van der Waals surface area contributed by atoms with E-state index in [1.807, 2.05) is 61.0 Å². The van der Waals surface area contributed by atoms with E-state index >= 15 is 0 Å². The SMILES string of the molecule is Cc1nn(-c2ccccc2)c(C)c1CNC(=O)CCn1c(C)cc2ccccc21. The summed E-state index contributed by atoms with van der Waals surface area (Å²) in [5, 5.41) is 8.93. The number of hydrogen-bond donors (Lipinski definition) is 1. The molecule has 0 aliphatic carbocycles. The van der Waals surface area contributed by atoms with Gasteiger partial charge in [-0.2, -0.15) is 5.10 Å². The maximum atomic E-state index is 12.5. The molecule has 0 saturated carbocycles. The molecule has 148 valence electrons. The molecule has 0 radical (unpaired) electrons. The van der Waals surface area contributed by atoms with Gasteiger partial charge in [-0.15, -0.1) is 0 Å². The minimum absolute atomic E-state index is 0.0495. The summed E-state index contributed by atoms with van der Waals surface area (Å²) < 4.78 is 4.14. The first-order valence-corrected chi connectivity index (χ1v) is 9.96. The maximum Gasteiger partial charge on any atom is 0.222 e. The minimum Gasteiger partial charge on any atom is -0.352 e. The zero-order valence-corrected chi connectivity index (χ0v) is 17.1. The molecule has 2 aromatic carbocycles. The Morgan fingerprint density at radius 1 is 1.00 bits per heavy atom. The largest absolute Gasteiger partial charge is 0.352 e. The second kappa shape index (κ2) is 7.95. The van der Waals surface area contributed by atoms with Crippen molar-refractivity contribution < 1.29 is 4.79 Å². The van der Waals surface area contributed by atoms with Gasteiger partial charge in [-0.25, -0.2) is 4.68 Å². The highest BCUT2D eigenvalue weighted by Gasteiger charge is 2.14. The van der Waals surface area contributed by atoms with Crippen molar-refractivity contribution in [2.45, 2.75) is 40.3 Å². The number of aromatic nitrogens is 3. The first-order valence-electron chi connectivity index (χ1n) is 9.96. The number of fused-ring (bicyclic) bond motifs is 1. The van der Waals surface area contributed by atoms with Gasteiger partial charge in [0, 0.05) is 42.0 Å². The van der Waals surface area contributed by atoms with E-state index in [9.17, 15) is 4.79 Å². The summed E-state index contributed by atoms with van der Waals surface area (Å²) in [6.45, 7) is 7.29. The number of nitrogens with one attached hydrogen (secondary N) is 1. The Morgan fingerprint density at radius 3 is 2.52 bits per heavy atom. The normalized spacial score (nSPS) is 11.1. The number of nitrogens with zero attached hydrogens (tertiary/aromatic N) is 3.